The number of hydrogen-bond acceptors (Lipinski definition) is 5. The van der Waals surface area contributed by atoms with E-state index < -0.39 is 0 Å². The average molecular weight is 307 g/mol. The molecule has 0 saturated carbocycles. The van der Waals surface area contributed by atoms with Crippen molar-refractivity contribution >= 4 is 28.4 Å². The SMILES string of the molecule is C=C/C(C)=C(\C=C/C)c1cnc(Nc2ccc3ncoc3c2)o1. The molecule has 5 nitrogen and oxygen atoms in total. The predicted molar refractivity (Wildman–Crippen MR) is 91.4 cm³/mol. The minimum Gasteiger partial charge on any atom is -0.443 e. The fourth-order valence-electron chi connectivity index (χ4n) is 2.20. The van der Waals surface area contributed by atoms with Crippen LogP contribution in [-0.4, -0.2) is 9.97 Å². The second kappa shape index (κ2) is 6.36. The van der Waals surface area contributed by atoms with E-state index in [1.807, 2.05) is 44.2 Å². The Bertz CT molecular complexity index is 900. The van der Waals surface area contributed by atoms with Gasteiger partial charge in [0.2, 0.25) is 0 Å². The van der Waals surface area contributed by atoms with Crippen LogP contribution in [0.25, 0.3) is 16.7 Å². The van der Waals surface area contributed by atoms with Crippen molar-refractivity contribution in [2.75, 3.05) is 5.32 Å². The summed E-state index contributed by atoms with van der Waals surface area (Å²) >= 11 is 0. The maximum Gasteiger partial charge on any atom is 0.299 e. The number of anilines is 2. The van der Waals surface area contributed by atoms with Crippen LogP contribution in [0.4, 0.5) is 11.7 Å². The first-order valence-electron chi connectivity index (χ1n) is 7.23. The molecule has 3 aromatic rings. The first-order chi connectivity index (χ1) is 11.2. The lowest BCUT2D eigenvalue weighted by atomic mass is 10.1. The van der Waals surface area contributed by atoms with Gasteiger partial charge >= 0.3 is 0 Å². The van der Waals surface area contributed by atoms with E-state index in [1.165, 1.54) is 6.39 Å². The maximum atomic E-state index is 5.79. The van der Waals surface area contributed by atoms with Gasteiger partial charge in [-0.05, 0) is 31.6 Å². The summed E-state index contributed by atoms with van der Waals surface area (Å²) in [6.07, 6.45) is 8.84. The topological polar surface area (TPSA) is 64.1 Å². The molecule has 0 saturated heterocycles. The molecule has 0 atom stereocenters. The summed E-state index contributed by atoms with van der Waals surface area (Å²) in [7, 11) is 0. The lowest BCUT2D eigenvalue weighted by Gasteiger charge is -2.02. The van der Waals surface area contributed by atoms with Gasteiger partial charge in [0.15, 0.2) is 17.7 Å². The molecule has 0 aliphatic rings. The van der Waals surface area contributed by atoms with Crippen LogP contribution >= 0.6 is 0 Å². The molecule has 0 aliphatic carbocycles. The van der Waals surface area contributed by atoms with Crippen molar-refractivity contribution in [1.82, 2.24) is 9.97 Å². The number of nitrogens with one attached hydrogen (secondary N) is 1. The Morgan fingerprint density at radius 2 is 2.17 bits per heavy atom. The molecule has 23 heavy (non-hydrogen) atoms. The molecular weight excluding hydrogens is 290 g/mol. The molecule has 1 N–H and O–H groups in total. The van der Waals surface area contributed by atoms with Gasteiger partial charge in [-0.25, -0.2) is 9.97 Å². The summed E-state index contributed by atoms with van der Waals surface area (Å²) in [5, 5.41) is 3.12. The summed E-state index contributed by atoms with van der Waals surface area (Å²) < 4.78 is 11.1. The average Bonchev–Trinajstić information content (AvgIpc) is 3.20. The molecule has 0 unspecified atom stereocenters. The smallest absolute Gasteiger partial charge is 0.299 e. The van der Waals surface area contributed by atoms with Gasteiger partial charge in [-0.1, -0.05) is 24.8 Å². The van der Waals surface area contributed by atoms with Crippen molar-refractivity contribution in [3.8, 4) is 0 Å². The standard InChI is InChI=1S/C18H17N3O2/c1-4-6-14(12(3)5-2)17-10-19-18(23-17)21-13-7-8-15-16(9-13)22-11-20-15/h4-11H,2H2,1,3H3,(H,19,21)/b6-4-,14-12+. The molecule has 2 aromatic heterocycles. The Balaban J connectivity index is 1.87. The van der Waals surface area contributed by atoms with E-state index in [4.69, 9.17) is 8.83 Å². The number of oxazole rings is 2. The molecular formula is C18H17N3O2. The van der Waals surface area contributed by atoms with Crippen LogP contribution in [0.1, 0.15) is 19.6 Å². The van der Waals surface area contributed by atoms with Gasteiger partial charge in [0.25, 0.3) is 6.01 Å². The van der Waals surface area contributed by atoms with Crippen molar-refractivity contribution < 1.29 is 8.83 Å². The van der Waals surface area contributed by atoms with E-state index in [0.29, 0.717) is 17.4 Å². The van der Waals surface area contributed by atoms with Gasteiger partial charge in [0.05, 0.1) is 6.20 Å². The van der Waals surface area contributed by atoms with Crippen LogP contribution in [-0.2, 0) is 0 Å². The highest BCUT2D eigenvalue weighted by Crippen LogP contribution is 2.26. The second-order valence-electron chi connectivity index (χ2n) is 4.99. The number of allylic oxidation sites excluding steroid dienone is 5. The minimum absolute atomic E-state index is 0.415. The molecule has 5 heteroatoms. The quantitative estimate of drug-likeness (QED) is 0.665. The molecule has 0 amide bonds. The van der Waals surface area contributed by atoms with Gasteiger partial charge in [0, 0.05) is 17.3 Å². The zero-order valence-electron chi connectivity index (χ0n) is 13.0. The molecule has 116 valence electrons. The number of benzene rings is 1. The Labute approximate surface area is 134 Å². The Morgan fingerprint density at radius 1 is 1.30 bits per heavy atom. The summed E-state index contributed by atoms with van der Waals surface area (Å²) in [5.74, 6) is 0.684. The zero-order valence-corrected chi connectivity index (χ0v) is 13.0. The summed E-state index contributed by atoms with van der Waals surface area (Å²) in [4.78, 5) is 8.36. The Morgan fingerprint density at radius 3 is 2.96 bits per heavy atom. The van der Waals surface area contributed by atoms with Crippen molar-refractivity contribution in [1.29, 1.82) is 0 Å². The lowest BCUT2D eigenvalue weighted by molar-refractivity contribution is 0.564. The Hall–Kier alpha value is -3.08. The largest absolute Gasteiger partial charge is 0.443 e. The minimum atomic E-state index is 0.415. The fraction of sp³-hybridized carbons (Fsp3) is 0.111. The third-order valence-electron chi connectivity index (χ3n) is 3.42. The van der Waals surface area contributed by atoms with E-state index in [1.54, 1.807) is 12.3 Å². The molecule has 0 fully saturated rings. The highest BCUT2D eigenvalue weighted by atomic mass is 16.4. The number of rotatable bonds is 5. The highest BCUT2D eigenvalue weighted by Gasteiger charge is 2.10. The summed E-state index contributed by atoms with van der Waals surface area (Å²) in [6, 6.07) is 6.03. The monoisotopic (exact) mass is 307 g/mol. The first kappa shape index (κ1) is 14.8. The van der Waals surface area contributed by atoms with E-state index in [9.17, 15) is 0 Å². The normalized spacial score (nSPS) is 12.6. The predicted octanol–water partition coefficient (Wildman–Crippen LogP) is 5.10. The van der Waals surface area contributed by atoms with Crippen molar-refractivity contribution in [3.63, 3.8) is 0 Å². The fourth-order valence-corrected chi connectivity index (χ4v) is 2.20. The lowest BCUT2D eigenvalue weighted by Crippen LogP contribution is -1.89. The first-order valence-corrected chi connectivity index (χ1v) is 7.23. The number of fused-ring (bicyclic) bond motifs is 1. The number of nitrogens with zero attached hydrogens (tertiary/aromatic N) is 2. The van der Waals surface area contributed by atoms with Gasteiger partial charge in [-0.2, -0.15) is 0 Å². The van der Waals surface area contributed by atoms with Crippen molar-refractivity contribution in [3.05, 3.63) is 66.9 Å². The van der Waals surface area contributed by atoms with E-state index in [0.717, 1.165) is 22.4 Å². The highest BCUT2D eigenvalue weighted by molar-refractivity contribution is 5.78. The summed E-state index contributed by atoms with van der Waals surface area (Å²) in [6.45, 7) is 7.74. The molecule has 2 heterocycles. The molecule has 1 aromatic carbocycles. The van der Waals surface area contributed by atoms with Gasteiger partial charge in [-0.15, -0.1) is 0 Å². The van der Waals surface area contributed by atoms with Crippen molar-refractivity contribution in [2.24, 2.45) is 0 Å². The third kappa shape index (κ3) is 3.08. The van der Waals surface area contributed by atoms with Crippen LogP contribution in [0.15, 0.2) is 70.0 Å². The maximum absolute atomic E-state index is 5.79. The molecule has 3 rings (SSSR count). The molecule has 0 radical (unpaired) electrons. The van der Waals surface area contributed by atoms with E-state index in [-0.39, 0.29) is 0 Å². The summed E-state index contributed by atoms with van der Waals surface area (Å²) in [5.41, 5.74) is 4.31. The Kier molecular flexibility index (Phi) is 4.10. The third-order valence-corrected chi connectivity index (χ3v) is 3.42. The molecule has 0 spiro atoms. The van der Waals surface area contributed by atoms with Crippen LogP contribution in [0.2, 0.25) is 0 Å². The van der Waals surface area contributed by atoms with E-state index in [2.05, 4.69) is 21.9 Å². The van der Waals surface area contributed by atoms with Gasteiger partial charge in [-0.3, -0.25) is 0 Å². The number of aromatic nitrogens is 2. The number of hydrogen-bond donors (Lipinski definition) is 1. The van der Waals surface area contributed by atoms with Crippen LogP contribution in [0, 0.1) is 0 Å². The van der Waals surface area contributed by atoms with Crippen LogP contribution in [0.5, 0.6) is 0 Å². The van der Waals surface area contributed by atoms with Crippen LogP contribution < -0.4 is 5.32 Å². The van der Waals surface area contributed by atoms with Crippen LogP contribution in [0.3, 0.4) is 0 Å². The van der Waals surface area contributed by atoms with E-state index >= 15 is 0 Å². The molecule has 0 bridgehead atoms. The zero-order chi connectivity index (χ0) is 16.2. The van der Waals surface area contributed by atoms with Gasteiger partial charge < -0.3 is 14.2 Å². The second-order valence-corrected chi connectivity index (χ2v) is 4.99. The van der Waals surface area contributed by atoms with Crippen molar-refractivity contribution in [2.45, 2.75) is 13.8 Å². The molecule has 0 aliphatic heterocycles. The van der Waals surface area contributed by atoms with Gasteiger partial charge in [0.1, 0.15) is 5.52 Å².